The van der Waals surface area contributed by atoms with Crippen molar-refractivity contribution in [2.45, 2.75) is 24.2 Å². The van der Waals surface area contributed by atoms with Gasteiger partial charge in [0.25, 0.3) is 0 Å². The van der Waals surface area contributed by atoms with Crippen LogP contribution in [0.5, 0.6) is 5.75 Å². The first kappa shape index (κ1) is 23.2. The van der Waals surface area contributed by atoms with Gasteiger partial charge in [-0.1, -0.05) is 18.6 Å². The Morgan fingerprint density at radius 2 is 1.91 bits per heavy atom. The fourth-order valence-corrected chi connectivity index (χ4v) is 5.68. The van der Waals surface area contributed by atoms with E-state index >= 15 is 0 Å². The molecule has 1 saturated heterocycles. The molecule has 0 aliphatic carbocycles. The van der Waals surface area contributed by atoms with Gasteiger partial charge in [0.05, 0.1) is 23.9 Å². The first-order chi connectivity index (χ1) is 15.9. The number of anilines is 1. The Balaban J connectivity index is 1.53. The summed E-state index contributed by atoms with van der Waals surface area (Å²) < 4.78 is 35.1. The van der Waals surface area contributed by atoms with Crippen LogP contribution in [0.25, 0.3) is 10.9 Å². The maximum Gasteiger partial charge on any atom is 0.243 e. The summed E-state index contributed by atoms with van der Waals surface area (Å²) in [7, 11) is -0.00576. The number of nitrogens with zero attached hydrogens (tertiary/aromatic N) is 3. The molecule has 0 spiro atoms. The number of hydrazone groups is 1. The van der Waals surface area contributed by atoms with Gasteiger partial charge in [0.1, 0.15) is 5.75 Å². The van der Waals surface area contributed by atoms with Crippen LogP contribution >= 0.6 is 12.2 Å². The molecule has 10 heteroatoms. The molecule has 174 valence electrons. The van der Waals surface area contributed by atoms with Crippen LogP contribution in [0.1, 0.15) is 24.8 Å². The van der Waals surface area contributed by atoms with E-state index in [0.29, 0.717) is 28.8 Å². The van der Waals surface area contributed by atoms with Crippen LogP contribution < -0.4 is 15.5 Å². The number of nitrogens with one attached hydrogen (secondary N) is 2. The summed E-state index contributed by atoms with van der Waals surface area (Å²) >= 11 is 5.32. The summed E-state index contributed by atoms with van der Waals surface area (Å²) in [5.74, 6) is 0.669. The largest absolute Gasteiger partial charge is 0.495 e. The molecule has 1 aliphatic rings. The number of sulfonamides is 1. The molecular formula is C23H27N5O3S2. The minimum atomic E-state index is -3.51. The van der Waals surface area contributed by atoms with Crippen molar-refractivity contribution in [3.63, 3.8) is 0 Å². The average molecular weight is 486 g/mol. The van der Waals surface area contributed by atoms with Crippen molar-refractivity contribution in [1.82, 2.24) is 14.3 Å². The molecule has 0 radical (unpaired) electrons. The third kappa shape index (κ3) is 5.02. The van der Waals surface area contributed by atoms with Gasteiger partial charge in [0.15, 0.2) is 5.11 Å². The van der Waals surface area contributed by atoms with Gasteiger partial charge in [-0.25, -0.2) is 8.42 Å². The molecule has 3 aromatic rings. The first-order valence-corrected chi connectivity index (χ1v) is 12.6. The third-order valence-corrected chi connectivity index (χ3v) is 7.76. The maximum absolute atomic E-state index is 13.1. The summed E-state index contributed by atoms with van der Waals surface area (Å²) in [6.07, 6.45) is 6.42. The highest BCUT2D eigenvalue weighted by atomic mass is 32.2. The molecule has 0 atom stereocenters. The van der Waals surface area contributed by atoms with Crippen molar-refractivity contribution in [2.24, 2.45) is 12.1 Å². The number of thiocarbonyl (C=S) groups is 1. The molecule has 0 bridgehead atoms. The fourth-order valence-electron chi connectivity index (χ4n) is 3.98. The molecule has 4 rings (SSSR count). The molecule has 8 nitrogen and oxygen atoms in total. The van der Waals surface area contributed by atoms with Gasteiger partial charge < -0.3 is 14.6 Å². The van der Waals surface area contributed by atoms with Crippen molar-refractivity contribution < 1.29 is 13.2 Å². The number of hydrogen-bond donors (Lipinski definition) is 2. The predicted octanol–water partition coefficient (Wildman–Crippen LogP) is 3.68. The van der Waals surface area contributed by atoms with Gasteiger partial charge in [0, 0.05) is 42.8 Å². The Morgan fingerprint density at radius 3 is 2.67 bits per heavy atom. The normalized spacial score (nSPS) is 15.1. The second kappa shape index (κ2) is 9.90. The van der Waals surface area contributed by atoms with Crippen LogP contribution in [0, 0.1) is 0 Å². The van der Waals surface area contributed by atoms with E-state index in [-0.39, 0.29) is 0 Å². The number of hydrogen-bond acceptors (Lipinski definition) is 5. The quantitative estimate of drug-likeness (QED) is 0.315. The monoisotopic (exact) mass is 485 g/mol. The lowest BCUT2D eigenvalue weighted by Gasteiger charge is -2.25. The summed E-state index contributed by atoms with van der Waals surface area (Å²) in [6, 6.07) is 12.7. The summed E-state index contributed by atoms with van der Waals surface area (Å²) in [5, 5.41) is 8.41. The van der Waals surface area contributed by atoms with Gasteiger partial charge in [-0.05, 0) is 55.4 Å². The number of fused-ring (bicyclic) bond motifs is 1. The van der Waals surface area contributed by atoms with E-state index < -0.39 is 10.0 Å². The Hall–Kier alpha value is -2.95. The summed E-state index contributed by atoms with van der Waals surface area (Å²) in [6.45, 7) is 1.15. The number of rotatable bonds is 6. The topological polar surface area (TPSA) is 88.0 Å². The van der Waals surface area contributed by atoms with Crippen molar-refractivity contribution in [2.75, 3.05) is 25.5 Å². The number of aromatic nitrogens is 1. The average Bonchev–Trinajstić information content (AvgIpc) is 3.15. The molecule has 2 aromatic carbocycles. The second-order valence-electron chi connectivity index (χ2n) is 7.86. The Bertz CT molecular complexity index is 1290. The molecule has 0 unspecified atom stereocenters. The highest BCUT2D eigenvalue weighted by Crippen LogP contribution is 2.27. The molecule has 1 fully saturated rings. The predicted molar refractivity (Wildman–Crippen MR) is 135 cm³/mol. The number of piperidine rings is 1. The van der Waals surface area contributed by atoms with Gasteiger partial charge >= 0.3 is 0 Å². The molecule has 0 saturated carbocycles. The van der Waals surface area contributed by atoms with Gasteiger partial charge in [-0.3, -0.25) is 5.43 Å². The lowest BCUT2D eigenvalue weighted by molar-refractivity contribution is 0.346. The minimum absolute atomic E-state index is 0.305. The lowest BCUT2D eigenvalue weighted by Crippen LogP contribution is -2.35. The van der Waals surface area contributed by atoms with Crippen molar-refractivity contribution in [3.8, 4) is 5.75 Å². The molecule has 1 aromatic heterocycles. The zero-order chi connectivity index (χ0) is 23.4. The number of methoxy groups -OCH3 is 1. The minimum Gasteiger partial charge on any atom is -0.495 e. The zero-order valence-electron chi connectivity index (χ0n) is 18.6. The second-order valence-corrected chi connectivity index (χ2v) is 10.2. The zero-order valence-corrected chi connectivity index (χ0v) is 20.2. The smallest absolute Gasteiger partial charge is 0.243 e. The van der Waals surface area contributed by atoms with Crippen LogP contribution in [0.15, 0.2) is 58.7 Å². The van der Waals surface area contributed by atoms with Crippen LogP contribution in [0.2, 0.25) is 0 Å². The third-order valence-electron chi connectivity index (χ3n) is 5.67. The fraction of sp³-hybridized carbons (Fsp3) is 0.304. The van der Waals surface area contributed by atoms with Crippen LogP contribution in [-0.2, 0) is 17.1 Å². The van der Waals surface area contributed by atoms with E-state index in [1.165, 1.54) is 0 Å². The standard InChI is InChI=1S/C23H27N5O3S2/c1-27-16-17(15-24-26-23(32)25-20-8-4-5-9-22(20)31-2)19-14-18(10-11-21(19)27)33(29,30)28-12-6-3-7-13-28/h4-5,8-11,14-16H,3,6-7,12-13H2,1-2H3,(H2,25,26,32)/b24-15+. The first-order valence-electron chi connectivity index (χ1n) is 10.7. The van der Waals surface area contributed by atoms with Crippen molar-refractivity contribution in [3.05, 3.63) is 54.2 Å². The molecule has 2 heterocycles. The summed E-state index contributed by atoms with van der Waals surface area (Å²) in [5.41, 5.74) is 5.24. The summed E-state index contributed by atoms with van der Waals surface area (Å²) in [4.78, 5) is 0.305. The molecule has 33 heavy (non-hydrogen) atoms. The highest BCUT2D eigenvalue weighted by Gasteiger charge is 2.26. The highest BCUT2D eigenvalue weighted by molar-refractivity contribution is 7.89. The molecule has 1 aliphatic heterocycles. The number of aryl methyl sites for hydroxylation is 1. The van der Waals surface area contributed by atoms with E-state index in [4.69, 9.17) is 17.0 Å². The van der Waals surface area contributed by atoms with Crippen molar-refractivity contribution >= 4 is 50.2 Å². The van der Waals surface area contributed by atoms with E-state index in [0.717, 1.165) is 41.4 Å². The Kier molecular flexibility index (Phi) is 6.96. The van der Waals surface area contributed by atoms with Crippen LogP contribution in [-0.4, -0.2) is 48.8 Å². The SMILES string of the molecule is COc1ccccc1NC(=S)N/N=C/c1cn(C)c2ccc(S(=O)(=O)N3CCCCC3)cc12. The number of ether oxygens (including phenoxy) is 1. The van der Waals surface area contributed by atoms with Crippen molar-refractivity contribution in [1.29, 1.82) is 0 Å². The lowest BCUT2D eigenvalue weighted by atomic mass is 10.2. The maximum atomic E-state index is 13.1. The van der Waals surface area contributed by atoms with E-state index in [9.17, 15) is 8.42 Å². The number of para-hydroxylation sites is 2. The van der Waals surface area contributed by atoms with E-state index in [2.05, 4.69) is 15.8 Å². The number of benzene rings is 2. The van der Waals surface area contributed by atoms with Gasteiger partial charge in [0.2, 0.25) is 10.0 Å². The van der Waals surface area contributed by atoms with Gasteiger partial charge in [-0.2, -0.15) is 9.41 Å². The van der Waals surface area contributed by atoms with Crippen LogP contribution in [0.3, 0.4) is 0 Å². The van der Waals surface area contributed by atoms with Gasteiger partial charge in [-0.15, -0.1) is 0 Å². The molecule has 0 amide bonds. The van der Waals surface area contributed by atoms with Crippen LogP contribution in [0.4, 0.5) is 5.69 Å². The van der Waals surface area contributed by atoms with E-state index in [1.807, 2.05) is 48.1 Å². The Labute approximate surface area is 199 Å². The molecule has 2 N–H and O–H groups in total. The Morgan fingerprint density at radius 1 is 1.15 bits per heavy atom. The van der Waals surface area contributed by atoms with E-state index in [1.54, 1.807) is 29.8 Å². The molecular weight excluding hydrogens is 458 g/mol.